The predicted molar refractivity (Wildman–Crippen MR) is 120 cm³/mol. The average molecular weight is 442 g/mol. The highest BCUT2D eigenvalue weighted by molar-refractivity contribution is 5.62. The molecule has 1 aliphatic heterocycles. The van der Waals surface area contributed by atoms with Gasteiger partial charge in [-0.2, -0.15) is 5.10 Å². The van der Waals surface area contributed by atoms with Crippen LogP contribution in [0.1, 0.15) is 46.4 Å². The van der Waals surface area contributed by atoms with Crippen molar-refractivity contribution < 1.29 is 8.78 Å². The summed E-state index contributed by atoms with van der Waals surface area (Å²) >= 11 is 0. The quantitative estimate of drug-likeness (QED) is 0.659. The van der Waals surface area contributed by atoms with Crippen LogP contribution in [0.4, 0.5) is 14.6 Å². The topological polar surface area (TPSA) is 71.8 Å². The van der Waals surface area contributed by atoms with Gasteiger partial charge in [-0.1, -0.05) is 0 Å². The van der Waals surface area contributed by atoms with E-state index >= 15 is 0 Å². The van der Waals surface area contributed by atoms with Crippen molar-refractivity contribution in [1.82, 2.24) is 30.0 Å². The fourth-order valence-corrected chi connectivity index (χ4v) is 4.74. The Hall–Kier alpha value is -2.94. The van der Waals surface area contributed by atoms with E-state index in [1.165, 1.54) is 17.2 Å². The highest BCUT2D eigenvalue weighted by Crippen LogP contribution is 2.33. The molecule has 7 nitrogen and oxygen atoms in total. The van der Waals surface area contributed by atoms with Gasteiger partial charge < -0.3 is 10.2 Å². The zero-order valence-corrected chi connectivity index (χ0v) is 19.3. The number of rotatable bonds is 4. The Kier molecular flexibility index (Phi) is 5.48. The van der Waals surface area contributed by atoms with Gasteiger partial charge in [-0.3, -0.25) is 4.98 Å². The van der Waals surface area contributed by atoms with Crippen LogP contribution in [0.3, 0.4) is 0 Å². The number of aryl methyl sites for hydroxylation is 1. The molecule has 1 aliphatic rings. The Morgan fingerprint density at radius 1 is 1.00 bits per heavy atom. The summed E-state index contributed by atoms with van der Waals surface area (Å²) in [6, 6.07) is 2.49. The first-order valence-electron chi connectivity index (χ1n) is 10.7. The van der Waals surface area contributed by atoms with Gasteiger partial charge in [0.1, 0.15) is 35.3 Å². The molecule has 9 heteroatoms. The molecular weight excluding hydrogens is 412 g/mol. The van der Waals surface area contributed by atoms with Crippen molar-refractivity contribution in [2.75, 3.05) is 11.9 Å². The second-order valence-corrected chi connectivity index (χ2v) is 9.85. The molecule has 0 unspecified atom stereocenters. The lowest BCUT2D eigenvalue weighted by atomic mass is 9.79. The number of nitrogens with one attached hydrogen (secondary N) is 1. The van der Waals surface area contributed by atoms with E-state index in [0.717, 1.165) is 25.0 Å². The van der Waals surface area contributed by atoms with Crippen LogP contribution in [-0.2, 0) is 0 Å². The molecule has 0 bridgehead atoms. The van der Waals surface area contributed by atoms with Gasteiger partial charge in [0, 0.05) is 35.8 Å². The number of hydrogen-bond acceptors (Lipinski definition) is 6. The van der Waals surface area contributed by atoms with Gasteiger partial charge in [-0.25, -0.2) is 23.4 Å². The summed E-state index contributed by atoms with van der Waals surface area (Å²) in [5.74, 6) is -0.0527. The Morgan fingerprint density at radius 2 is 1.69 bits per heavy atom. The second kappa shape index (κ2) is 7.88. The van der Waals surface area contributed by atoms with Gasteiger partial charge in [0.15, 0.2) is 0 Å². The van der Waals surface area contributed by atoms with Crippen LogP contribution in [0.15, 0.2) is 30.9 Å². The van der Waals surface area contributed by atoms with E-state index in [9.17, 15) is 8.78 Å². The maximum Gasteiger partial charge on any atom is 0.149 e. The van der Waals surface area contributed by atoms with E-state index in [2.05, 4.69) is 58.0 Å². The highest BCUT2D eigenvalue weighted by Gasteiger charge is 2.39. The van der Waals surface area contributed by atoms with Crippen LogP contribution < -0.4 is 10.2 Å². The Balaban J connectivity index is 1.58. The minimum absolute atomic E-state index is 0.000910. The molecule has 1 fully saturated rings. The summed E-state index contributed by atoms with van der Waals surface area (Å²) in [4.78, 5) is 15.0. The summed E-state index contributed by atoms with van der Waals surface area (Å²) in [5, 5.41) is 7.72. The fraction of sp³-hybridized carbons (Fsp3) is 0.478. The summed E-state index contributed by atoms with van der Waals surface area (Å²) < 4.78 is 30.7. The molecule has 2 aromatic heterocycles. The minimum atomic E-state index is -0.617. The number of piperidine rings is 1. The van der Waals surface area contributed by atoms with Crippen molar-refractivity contribution in [3.05, 3.63) is 48.3 Å². The normalized spacial score (nSPS) is 18.0. The number of nitrogens with zero attached hydrogens (tertiary/aromatic N) is 6. The van der Waals surface area contributed by atoms with E-state index < -0.39 is 11.6 Å². The number of benzene rings is 1. The van der Waals surface area contributed by atoms with E-state index in [0.29, 0.717) is 11.6 Å². The molecule has 3 heterocycles. The van der Waals surface area contributed by atoms with Gasteiger partial charge in [0.25, 0.3) is 0 Å². The summed E-state index contributed by atoms with van der Waals surface area (Å²) in [6.07, 6.45) is 6.36. The number of halogens is 2. The first-order chi connectivity index (χ1) is 14.9. The smallest absolute Gasteiger partial charge is 0.149 e. The predicted octanol–water partition coefficient (Wildman–Crippen LogP) is 4.06. The third kappa shape index (κ3) is 4.48. The molecule has 0 radical (unpaired) electrons. The Morgan fingerprint density at radius 3 is 2.25 bits per heavy atom. The van der Waals surface area contributed by atoms with E-state index in [-0.39, 0.29) is 34.1 Å². The Bertz CT molecular complexity index is 1110. The maximum atomic E-state index is 14.8. The molecule has 1 N–H and O–H groups in total. The summed E-state index contributed by atoms with van der Waals surface area (Å²) in [5.41, 5.74) is 0.310. The molecule has 0 saturated carbocycles. The van der Waals surface area contributed by atoms with Crippen LogP contribution in [0.5, 0.6) is 0 Å². The molecule has 170 valence electrons. The van der Waals surface area contributed by atoms with E-state index in [1.54, 1.807) is 13.1 Å². The van der Waals surface area contributed by atoms with E-state index in [1.807, 2.05) is 7.05 Å². The third-order valence-electron chi connectivity index (χ3n) is 5.88. The average Bonchev–Trinajstić information content (AvgIpc) is 3.13. The molecule has 3 aromatic rings. The van der Waals surface area contributed by atoms with Gasteiger partial charge >= 0.3 is 0 Å². The molecular formula is C23H29F2N7. The second-order valence-electron chi connectivity index (χ2n) is 9.85. The van der Waals surface area contributed by atoms with Crippen molar-refractivity contribution in [1.29, 1.82) is 0 Å². The fourth-order valence-electron chi connectivity index (χ4n) is 4.74. The zero-order chi connectivity index (χ0) is 23.3. The molecule has 1 saturated heterocycles. The molecule has 32 heavy (non-hydrogen) atoms. The van der Waals surface area contributed by atoms with Gasteiger partial charge in [-0.05, 0) is 53.5 Å². The van der Waals surface area contributed by atoms with Crippen LogP contribution in [0.25, 0.3) is 16.9 Å². The molecule has 0 aliphatic carbocycles. The van der Waals surface area contributed by atoms with Gasteiger partial charge in [0.2, 0.25) is 0 Å². The van der Waals surface area contributed by atoms with Crippen molar-refractivity contribution in [2.45, 2.75) is 64.6 Å². The molecule has 0 atom stereocenters. The van der Waals surface area contributed by atoms with Crippen molar-refractivity contribution >= 4 is 5.82 Å². The largest absolute Gasteiger partial charge is 0.355 e. The van der Waals surface area contributed by atoms with Gasteiger partial charge in [-0.15, -0.1) is 0 Å². The lowest BCUT2D eigenvalue weighted by molar-refractivity contribution is 0.160. The van der Waals surface area contributed by atoms with Crippen LogP contribution in [-0.4, -0.2) is 48.9 Å². The van der Waals surface area contributed by atoms with Crippen LogP contribution >= 0.6 is 0 Å². The molecule has 1 aromatic carbocycles. The molecule has 0 amide bonds. The standard InChI is InChI=1S/C23H29F2N7/c1-14-28-13-32(29-14)20-8-17(24)16(7-18(20)25)19-11-27-21(12-26-19)31(6)15-9-22(2,3)30-23(4,5)10-15/h7-8,11-13,15,30H,9-10H2,1-6H3. The van der Waals surface area contributed by atoms with Crippen molar-refractivity contribution in [3.8, 4) is 16.9 Å². The van der Waals surface area contributed by atoms with E-state index in [4.69, 9.17) is 0 Å². The zero-order valence-electron chi connectivity index (χ0n) is 19.3. The summed E-state index contributed by atoms with van der Waals surface area (Å²) in [6.45, 7) is 10.5. The van der Waals surface area contributed by atoms with Crippen LogP contribution in [0.2, 0.25) is 0 Å². The highest BCUT2D eigenvalue weighted by atomic mass is 19.1. The lowest BCUT2D eigenvalue weighted by Gasteiger charge is -2.49. The van der Waals surface area contributed by atoms with Crippen molar-refractivity contribution in [3.63, 3.8) is 0 Å². The number of anilines is 1. The number of hydrogen-bond donors (Lipinski definition) is 1. The molecule has 0 spiro atoms. The van der Waals surface area contributed by atoms with Crippen molar-refractivity contribution in [2.24, 2.45) is 0 Å². The SMILES string of the molecule is Cc1ncn(-c2cc(F)c(-c3cnc(N(C)C4CC(C)(C)NC(C)(C)C4)cn3)cc2F)n1. The molecule has 4 rings (SSSR count). The summed E-state index contributed by atoms with van der Waals surface area (Å²) in [7, 11) is 2.00. The monoisotopic (exact) mass is 441 g/mol. The number of aromatic nitrogens is 5. The van der Waals surface area contributed by atoms with Gasteiger partial charge in [0.05, 0.1) is 18.1 Å². The Labute approximate surface area is 186 Å². The minimum Gasteiger partial charge on any atom is -0.355 e. The lowest BCUT2D eigenvalue weighted by Crippen LogP contribution is -2.62. The first-order valence-corrected chi connectivity index (χ1v) is 10.7. The first kappa shape index (κ1) is 22.3. The maximum absolute atomic E-state index is 14.8. The van der Waals surface area contributed by atoms with Crippen LogP contribution in [0, 0.1) is 18.6 Å². The third-order valence-corrected chi connectivity index (χ3v) is 5.88.